The zero-order valence-corrected chi connectivity index (χ0v) is 73.5. The Morgan fingerprint density at radius 1 is 0.425 bits per heavy atom. The van der Waals surface area contributed by atoms with Crippen LogP contribution in [0.3, 0.4) is 0 Å². The summed E-state index contributed by atoms with van der Waals surface area (Å²) in [5.74, 6) is -14.1. The van der Waals surface area contributed by atoms with Crippen LogP contribution in [0.25, 0.3) is 0 Å². The Balaban J connectivity index is 1.25. The van der Waals surface area contributed by atoms with Crippen LogP contribution in [0.5, 0.6) is 0 Å². The predicted molar refractivity (Wildman–Crippen MR) is 440 cm³/mol. The van der Waals surface area contributed by atoms with Crippen molar-refractivity contribution in [3.05, 3.63) is 12.2 Å². The van der Waals surface area contributed by atoms with Crippen LogP contribution in [-0.2, 0) is 85.6 Å². The fourth-order valence-electron chi connectivity index (χ4n) is 16.8. The number of carbonyl (C=O) groups is 6. The molecule has 0 aliphatic carbocycles. The lowest BCUT2D eigenvalue weighted by atomic mass is 9.88. The van der Waals surface area contributed by atoms with Crippen LogP contribution in [0.1, 0.15) is 227 Å². The molecule has 43 heteroatoms. The second-order valence-electron chi connectivity index (χ2n) is 34.3. The third-order valence-electron chi connectivity index (χ3n) is 24.1. The highest BCUT2D eigenvalue weighted by atomic mass is 16.8. The molecule has 0 aromatic carbocycles. The van der Waals surface area contributed by atoms with Crippen molar-refractivity contribution in [1.29, 1.82) is 0 Å². The van der Waals surface area contributed by atoms with Crippen molar-refractivity contribution in [3.63, 3.8) is 0 Å². The first kappa shape index (κ1) is 111. The van der Waals surface area contributed by atoms with E-state index in [9.17, 15) is 136 Å². The molecule has 6 aliphatic heterocycles. The molecule has 6 aliphatic rings. The minimum Gasteiger partial charge on any atom is -0.477 e. The average Bonchev–Trinajstić information content (AvgIpc) is 0.940. The molecule has 43 nitrogen and oxygen atoms in total. The lowest BCUT2D eigenvalue weighted by molar-refractivity contribution is -0.391. The number of aliphatic carboxylic acids is 2. The van der Waals surface area contributed by atoms with Crippen LogP contribution >= 0.6 is 0 Å². The Morgan fingerprint density at radius 3 is 1.25 bits per heavy atom. The van der Waals surface area contributed by atoms with E-state index >= 15 is 0 Å². The molecule has 12 unspecified atom stereocenters. The smallest absolute Gasteiger partial charge is 0.364 e. The largest absolute Gasteiger partial charge is 0.477 e. The van der Waals surface area contributed by atoms with Gasteiger partial charge in [0.15, 0.2) is 25.2 Å². The molecule has 0 bridgehead atoms. The number of allylic oxidation sites excluding steroid dienone is 1. The van der Waals surface area contributed by atoms with Crippen LogP contribution in [-0.4, -0.2) is 396 Å². The number of aliphatic hydroxyl groups is 19. The van der Waals surface area contributed by atoms with E-state index in [1.165, 1.54) is 102 Å². The third kappa shape index (κ3) is 32.8. The second kappa shape index (κ2) is 56.5. The van der Waals surface area contributed by atoms with Crippen LogP contribution in [0.15, 0.2) is 12.2 Å². The third-order valence-corrected chi connectivity index (χ3v) is 24.1. The number of carboxylic acids is 2. The number of nitrogens with one attached hydrogen (secondary N) is 4. The molecule has 6 heterocycles. The highest BCUT2D eigenvalue weighted by Crippen LogP contribution is 2.42. The standard InChI is InChI=1S/C84H148N4O39/c1-6-8-10-12-14-16-18-20-21-23-25-27-29-31-33-35-58(102)88-48(49(97)34-32-30-28-26-24-22-19-17-15-13-11-9-7-2)43-116-78-68(109)66(107)72(55(41-92)119-78)123-79-69(110)67(108)71(56(42-93)120-79)122-77-61(87-47(5)96)73(65(106)57(121-77)44-117-83(81(112)113)36-50(98)59(85-45(3)94)74(125-83)62(103)52(100)38-89)124-80-70(111)76(64(105)54(40-91)118-80)127-84(82(114)115)37-51(99)60(86-46(4)95)75(126-84)63(104)53(101)39-90/h32,34,48-57,59-80,89-93,97-101,103-111H,6-31,33,35-44H2,1-5H3,(H,85,94)(H,86,95)(H,87,96)(H,88,102)(H,112,113)(H,114,115)/b34-32+/t48-,49+,50?,51?,52+,53+,54?,55?,56?,57?,59+,60+,61?,62+,63+,64-,65-,66+,67+,68?,69?,70?,71-,72+,73+,74?,75?,76-,77-,78+,79-,80-,83+,84-/m0/s1. The van der Waals surface area contributed by atoms with Crippen LogP contribution in [0.2, 0.25) is 0 Å². The summed E-state index contributed by atoms with van der Waals surface area (Å²) in [6.45, 7) is -0.612. The van der Waals surface area contributed by atoms with E-state index in [2.05, 4.69) is 35.1 Å². The Morgan fingerprint density at radius 2 is 0.803 bits per heavy atom. The lowest BCUT2D eigenvalue weighted by Crippen LogP contribution is -2.72. The van der Waals surface area contributed by atoms with Gasteiger partial charge in [-0.3, -0.25) is 19.2 Å². The maximum Gasteiger partial charge on any atom is 0.364 e. The average molecular weight is 1840 g/mol. The van der Waals surface area contributed by atoms with Gasteiger partial charge in [0.25, 0.3) is 11.6 Å². The summed E-state index contributed by atoms with van der Waals surface area (Å²) < 4.78 is 71.5. The maximum atomic E-state index is 13.6. The molecule has 6 saturated heterocycles. The number of aliphatic hydroxyl groups excluding tert-OH is 19. The fraction of sp³-hybridized carbons (Fsp3) is 0.905. The number of amides is 4. The van der Waals surface area contributed by atoms with E-state index in [0.717, 1.165) is 85.0 Å². The molecule has 0 spiro atoms. The van der Waals surface area contributed by atoms with Gasteiger partial charge in [-0.1, -0.05) is 180 Å². The SMILES string of the molecule is CCCCCCCCCCCCC/C=C/[C@@H](O)[C@H](CO[C@@H]1OC(CO)[C@@H](O[C@@H]2OC(CO)[C@H](O[C@@H]3OC(CO[C@]4(C(=O)O)CC(O)[C@@H](NC(C)=O)C([C@H](O)[C@H](O)CO)O4)[C@H](O)[C@H](O[C@@H]4OC(CO)[C@H](O)[C@H](O[C@]5(C(=O)O)CC(O)[C@@H](NC(C)=O)C([C@H](O)[C@H](O)CO)O5)C4O)C3NC(C)=O)[C@H](O)C2O)[C@H](O)C1O)NC(=O)CCCCCCCCCCCCCCCCC. The molecule has 6 fully saturated rings. The van der Waals surface area contributed by atoms with Gasteiger partial charge in [0, 0.05) is 40.0 Å². The van der Waals surface area contributed by atoms with Gasteiger partial charge in [-0.05, 0) is 19.3 Å². The van der Waals surface area contributed by atoms with E-state index in [-0.39, 0.29) is 12.3 Å². The van der Waals surface area contributed by atoms with Crippen molar-refractivity contribution in [2.45, 2.75) is 435 Å². The Labute approximate surface area is 740 Å². The van der Waals surface area contributed by atoms with Crippen molar-refractivity contribution >= 4 is 35.6 Å². The molecule has 0 saturated carbocycles. The Bertz CT molecular complexity index is 3200. The topological polar surface area (TPSA) is 686 Å². The number of carbonyl (C=O) groups excluding carboxylic acids is 4. The van der Waals surface area contributed by atoms with Gasteiger partial charge >= 0.3 is 11.9 Å². The molecule has 25 N–H and O–H groups in total. The van der Waals surface area contributed by atoms with Gasteiger partial charge in [-0.25, -0.2) is 9.59 Å². The van der Waals surface area contributed by atoms with Gasteiger partial charge in [-0.2, -0.15) is 0 Å². The molecular formula is C84H148N4O39. The molecule has 0 aromatic heterocycles. The molecule has 0 radical (unpaired) electrons. The molecule has 34 atom stereocenters. The van der Waals surface area contributed by atoms with Gasteiger partial charge < -0.3 is 185 Å². The first-order chi connectivity index (χ1) is 60.5. The highest BCUT2D eigenvalue weighted by molar-refractivity contribution is 5.78. The van der Waals surface area contributed by atoms with Crippen LogP contribution < -0.4 is 21.3 Å². The summed E-state index contributed by atoms with van der Waals surface area (Å²) in [5, 5.41) is 246. The van der Waals surface area contributed by atoms with Crippen LogP contribution in [0, 0.1) is 0 Å². The van der Waals surface area contributed by atoms with Crippen LogP contribution in [0.4, 0.5) is 0 Å². The number of ether oxygens (including phenoxy) is 12. The Hall–Kier alpha value is -4.68. The van der Waals surface area contributed by atoms with E-state index in [1.54, 1.807) is 6.08 Å². The minimum atomic E-state index is -3.36. The fourth-order valence-corrected chi connectivity index (χ4v) is 16.8. The molecule has 738 valence electrons. The summed E-state index contributed by atoms with van der Waals surface area (Å²) in [7, 11) is 0. The number of unbranched alkanes of at least 4 members (excludes halogenated alkanes) is 25. The van der Waals surface area contributed by atoms with Crippen molar-refractivity contribution in [2.75, 3.05) is 46.2 Å². The summed E-state index contributed by atoms with van der Waals surface area (Å²) >= 11 is 0. The number of hydrogen-bond acceptors (Lipinski definition) is 37. The molecule has 6 rings (SSSR count). The normalized spacial score (nSPS) is 35.1. The van der Waals surface area contributed by atoms with Crippen molar-refractivity contribution in [3.8, 4) is 0 Å². The molecule has 127 heavy (non-hydrogen) atoms. The van der Waals surface area contributed by atoms with E-state index in [0.29, 0.717) is 12.8 Å². The van der Waals surface area contributed by atoms with E-state index < -0.39 is 296 Å². The van der Waals surface area contributed by atoms with Gasteiger partial charge in [-0.15, -0.1) is 0 Å². The monoisotopic (exact) mass is 1840 g/mol. The van der Waals surface area contributed by atoms with Crippen molar-refractivity contribution in [1.82, 2.24) is 21.3 Å². The quantitative estimate of drug-likeness (QED) is 0.0205. The van der Waals surface area contributed by atoms with E-state index in [4.69, 9.17) is 56.8 Å². The number of rotatable bonds is 59. The Kier molecular flexibility index (Phi) is 49.4. The minimum absolute atomic E-state index is 0.129. The number of carboxylic acid groups (broad SMARTS) is 2. The second-order valence-corrected chi connectivity index (χ2v) is 34.3. The summed E-state index contributed by atoms with van der Waals surface area (Å²) in [6.07, 6.45) is -30.1. The van der Waals surface area contributed by atoms with E-state index in [1.807, 2.05) is 0 Å². The summed E-state index contributed by atoms with van der Waals surface area (Å²) in [4.78, 5) is 78.8. The summed E-state index contributed by atoms with van der Waals surface area (Å²) in [5.41, 5.74) is 0. The zero-order chi connectivity index (χ0) is 93.8. The molecule has 0 aromatic rings. The van der Waals surface area contributed by atoms with Gasteiger partial charge in [0.05, 0.1) is 82.7 Å². The maximum absolute atomic E-state index is 13.6. The lowest BCUT2D eigenvalue weighted by Gasteiger charge is -2.52. The van der Waals surface area contributed by atoms with Gasteiger partial charge in [0.2, 0.25) is 23.6 Å². The predicted octanol–water partition coefficient (Wildman–Crippen LogP) is -3.87. The first-order valence-corrected chi connectivity index (χ1v) is 45.2. The molecule has 4 amide bonds. The van der Waals surface area contributed by atoms with Gasteiger partial charge in [0.1, 0.15) is 134 Å². The van der Waals surface area contributed by atoms with Crippen molar-refractivity contribution in [2.24, 2.45) is 0 Å². The summed E-state index contributed by atoms with van der Waals surface area (Å²) in [6, 6.07) is -6.80. The first-order valence-electron chi connectivity index (χ1n) is 45.2. The zero-order valence-electron chi connectivity index (χ0n) is 73.5. The molecular weight excluding hydrogens is 1690 g/mol. The highest BCUT2D eigenvalue weighted by Gasteiger charge is 2.63. The van der Waals surface area contributed by atoms with Crippen molar-refractivity contribution < 1.29 is 193 Å². The number of hydrogen-bond donors (Lipinski definition) is 25.